The molecular weight excluding hydrogens is 210 g/mol. The van der Waals surface area contributed by atoms with Gasteiger partial charge in [0.1, 0.15) is 0 Å². The van der Waals surface area contributed by atoms with E-state index < -0.39 is 0 Å². The molecule has 5 heteroatoms. The van der Waals surface area contributed by atoms with Gasteiger partial charge in [0.25, 0.3) is 0 Å². The van der Waals surface area contributed by atoms with Gasteiger partial charge in [0.2, 0.25) is 5.88 Å². The SMILES string of the molecule is COc1cc(N(C)CCC(N)=S)ccn1. The zero-order chi connectivity index (χ0) is 11.3. The van der Waals surface area contributed by atoms with Gasteiger partial charge in [-0.05, 0) is 6.07 Å². The molecule has 0 aromatic carbocycles. The van der Waals surface area contributed by atoms with Crippen molar-refractivity contribution in [3.63, 3.8) is 0 Å². The summed E-state index contributed by atoms with van der Waals surface area (Å²) in [5.74, 6) is 0.606. The molecule has 4 nitrogen and oxygen atoms in total. The van der Waals surface area contributed by atoms with E-state index in [1.165, 1.54) is 0 Å². The standard InChI is InChI=1S/C10H15N3OS/c1-13(6-4-9(11)15)8-3-5-12-10(7-8)14-2/h3,5,7H,4,6H2,1-2H3,(H2,11,15). The van der Waals surface area contributed by atoms with E-state index in [9.17, 15) is 0 Å². The van der Waals surface area contributed by atoms with Crippen LogP contribution in [0.25, 0.3) is 0 Å². The Balaban J connectivity index is 2.64. The lowest BCUT2D eigenvalue weighted by Gasteiger charge is -2.18. The second-order valence-corrected chi connectivity index (χ2v) is 3.72. The maximum Gasteiger partial charge on any atom is 0.214 e. The molecule has 2 N–H and O–H groups in total. The van der Waals surface area contributed by atoms with Gasteiger partial charge >= 0.3 is 0 Å². The molecule has 0 amide bonds. The number of thiocarbonyl (C=S) groups is 1. The van der Waals surface area contributed by atoms with Gasteiger partial charge in [-0.1, -0.05) is 12.2 Å². The molecule has 1 rings (SSSR count). The number of ether oxygens (including phenoxy) is 1. The van der Waals surface area contributed by atoms with Crippen LogP contribution < -0.4 is 15.4 Å². The number of hydrogen-bond acceptors (Lipinski definition) is 4. The topological polar surface area (TPSA) is 51.4 Å². The Morgan fingerprint density at radius 2 is 2.40 bits per heavy atom. The van der Waals surface area contributed by atoms with Gasteiger partial charge in [-0.2, -0.15) is 0 Å². The fraction of sp³-hybridized carbons (Fsp3) is 0.400. The predicted octanol–water partition coefficient (Wildman–Crippen LogP) is 1.20. The van der Waals surface area contributed by atoms with Gasteiger partial charge in [-0.15, -0.1) is 0 Å². The Bertz CT molecular complexity index is 343. The van der Waals surface area contributed by atoms with Crippen molar-refractivity contribution in [1.29, 1.82) is 0 Å². The molecule has 0 radical (unpaired) electrons. The van der Waals surface area contributed by atoms with Crippen LogP contribution in [0.4, 0.5) is 5.69 Å². The minimum absolute atomic E-state index is 0.530. The minimum Gasteiger partial charge on any atom is -0.481 e. The smallest absolute Gasteiger partial charge is 0.214 e. The van der Waals surface area contributed by atoms with Crippen molar-refractivity contribution < 1.29 is 4.74 Å². The van der Waals surface area contributed by atoms with Gasteiger partial charge < -0.3 is 15.4 Å². The lowest BCUT2D eigenvalue weighted by atomic mass is 10.3. The Kier molecular flexibility index (Phi) is 4.30. The van der Waals surface area contributed by atoms with Crippen LogP contribution in [0.15, 0.2) is 18.3 Å². The minimum atomic E-state index is 0.530. The van der Waals surface area contributed by atoms with Crippen molar-refractivity contribution in [2.75, 3.05) is 25.6 Å². The zero-order valence-electron chi connectivity index (χ0n) is 8.93. The first kappa shape index (κ1) is 11.7. The number of nitrogens with zero attached hydrogens (tertiary/aromatic N) is 2. The highest BCUT2D eigenvalue weighted by Crippen LogP contribution is 2.17. The summed E-state index contributed by atoms with van der Waals surface area (Å²) >= 11 is 4.83. The number of methoxy groups -OCH3 is 1. The molecule has 0 atom stereocenters. The largest absolute Gasteiger partial charge is 0.481 e. The first-order valence-corrected chi connectivity index (χ1v) is 5.04. The molecule has 82 valence electrons. The summed E-state index contributed by atoms with van der Waals surface area (Å²) in [6.45, 7) is 0.794. The summed E-state index contributed by atoms with van der Waals surface area (Å²) < 4.78 is 5.04. The van der Waals surface area contributed by atoms with E-state index in [-0.39, 0.29) is 0 Å². The molecule has 1 heterocycles. The summed E-state index contributed by atoms with van der Waals surface area (Å²) in [7, 11) is 3.58. The third-order valence-corrected chi connectivity index (χ3v) is 2.27. The number of hydrogen-bond donors (Lipinski definition) is 1. The summed E-state index contributed by atoms with van der Waals surface area (Å²) in [4.78, 5) is 6.63. The van der Waals surface area contributed by atoms with Crippen LogP contribution in [0.3, 0.4) is 0 Å². The van der Waals surface area contributed by atoms with Crippen LogP contribution in [0.5, 0.6) is 5.88 Å². The van der Waals surface area contributed by atoms with E-state index in [4.69, 9.17) is 22.7 Å². The average molecular weight is 225 g/mol. The summed E-state index contributed by atoms with van der Waals surface area (Å²) in [5, 5.41) is 0. The molecule has 0 saturated heterocycles. The van der Waals surface area contributed by atoms with E-state index in [0.717, 1.165) is 12.2 Å². The molecule has 0 aliphatic heterocycles. The normalized spacial score (nSPS) is 9.73. The van der Waals surface area contributed by atoms with Gasteiger partial charge in [0, 0.05) is 38.0 Å². The van der Waals surface area contributed by atoms with Crippen LogP contribution in [0.2, 0.25) is 0 Å². The van der Waals surface area contributed by atoms with Gasteiger partial charge in [0.05, 0.1) is 12.1 Å². The van der Waals surface area contributed by atoms with Crippen molar-refractivity contribution in [2.45, 2.75) is 6.42 Å². The molecule has 0 aliphatic rings. The summed E-state index contributed by atoms with van der Waals surface area (Å²) in [6.07, 6.45) is 2.42. The number of aromatic nitrogens is 1. The predicted molar refractivity (Wildman–Crippen MR) is 65.5 cm³/mol. The molecule has 0 saturated carbocycles. The second-order valence-electron chi connectivity index (χ2n) is 3.19. The molecule has 0 bridgehead atoms. The van der Waals surface area contributed by atoms with Crippen molar-refractivity contribution in [3.05, 3.63) is 18.3 Å². The van der Waals surface area contributed by atoms with E-state index in [2.05, 4.69) is 9.88 Å². The van der Waals surface area contributed by atoms with Crippen LogP contribution in [0.1, 0.15) is 6.42 Å². The van der Waals surface area contributed by atoms with Crippen LogP contribution in [-0.4, -0.2) is 30.7 Å². The van der Waals surface area contributed by atoms with E-state index in [1.807, 2.05) is 19.2 Å². The highest BCUT2D eigenvalue weighted by molar-refractivity contribution is 7.80. The molecular formula is C10H15N3OS. The number of rotatable bonds is 5. The number of anilines is 1. The Morgan fingerprint density at radius 1 is 1.67 bits per heavy atom. The molecule has 0 spiro atoms. The fourth-order valence-corrected chi connectivity index (χ4v) is 1.25. The fourth-order valence-electron chi connectivity index (χ4n) is 1.16. The Morgan fingerprint density at radius 3 is 3.00 bits per heavy atom. The molecule has 0 unspecified atom stereocenters. The highest BCUT2D eigenvalue weighted by atomic mass is 32.1. The first-order chi connectivity index (χ1) is 7.13. The van der Waals surface area contributed by atoms with Crippen LogP contribution in [0, 0.1) is 0 Å². The van der Waals surface area contributed by atoms with Gasteiger partial charge in [-0.25, -0.2) is 4.98 Å². The van der Waals surface area contributed by atoms with E-state index >= 15 is 0 Å². The third kappa shape index (κ3) is 3.71. The lowest BCUT2D eigenvalue weighted by molar-refractivity contribution is 0.398. The van der Waals surface area contributed by atoms with Crippen LogP contribution >= 0.6 is 12.2 Å². The number of pyridine rings is 1. The second kappa shape index (κ2) is 5.50. The lowest BCUT2D eigenvalue weighted by Crippen LogP contribution is -2.23. The van der Waals surface area contributed by atoms with Gasteiger partial charge in [0.15, 0.2) is 0 Å². The maximum absolute atomic E-state index is 5.44. The van der Waals surface area contributed by atoms with E-state index in [0.29, 0.717) is 17.3 Å². The third-order valence-electron chi connectivity index (χ3n) is 2.06. The van der Waals surface area contributed by atoms with Crippen molar-refractivity contribution in [2.24, 2.45) is 5.73 Å². The summed E-state index contributed by atoms with van der Waals surface area (Å²) in [6, 6.07) is 3.79. The van der Waals surface area contributed by atoms with Crippen LogP contribution in [-0.2, 0) is 0 Å². The first-order valence-electron chi connectivity index (χ1n) is 4.63. The Labute approximate surface area is 95.0 Å². The van der Waals surface area contributed by atoms with Crippen molar-refractivity contribution in [3.8, 4) is 5.88 Å². The molecule has 1 aromatic rings. The van der Waals surface area contributed by atoms with Crippen molar-refractivity contribution >= 4 is 22.9 Å². The van der Waals surface area contributed by atoms with E-state index in [1.54, 1.807) is 13.3 Å². The van der Waals surface area contributed by atoms with Crippen molar-refractivity contribution in [1.82, 2.24) is 4.98 Å². The zero-order valence-corrected chi connectivity index (χ0v) is 9.75. The molecule has 1 aromatic heterocycles. The molecule has 15 heavy (non-hydrogen) atoms. The average Bonchev–Trinajstić information content (AvgIpc) is 2.26. The summed E-state index contributed by atoms with van der Waals surface area (Å²) in [5.41, 5.74) is 6.48. The molecule has 0 fully saturated rings. The Hall–Kier alpha value is -1.36. The monoisotopic (exact) mass is 225 g/mol. The highest BCUT2D eigenvalue weighted by Gasteiger charge is 2.03. The maximum atomic E-state index is 5.44. The quantitative estimate of drug-likeness (QED) is 0.763. The number of nitrogens with two attached hydrogens (primary N) is 1. The van der Waals surface area contributed by atoms with Gasteiger partial charge in [-0.3, -0.25) is 0 Å². The molecule has 0 aliphatic carbocycles.